The number of benzene rings is 1. The minimum absolute atomic E-state index is 0.0239. The van der Waals surface area contributed by atoms with E-state index in [1.54, 1.807) is 6.92 Å². The predicted molar refractivity (Wildman–Crippen MR) is 81.5 cm³/mol. The number of rotatable bonds is 7. The molecule has 0 bridgehead atoms. The highest BCUT2D eigenvalue weighted by Gasteiger charge is 2.10. The van der Waals surface area contributed by atoms with E-state index in [1.807, 2.05) is 31.2 Å². The Hall–Kier alpha value is -1.40. The van der Waals surface area contributed by atoms with E-state index in [2.05, 4.69) is 10.6 Å². The lowest BCUT2D eigenvalue weighted by Gasteiger charge is -2.15. The molecule has 0 aliphatic rings. The number of carbonyl (C=O) groups excluding carboxylic acids is 1. The summed E-state index contributed by atoms with van der Waals surface area (Å²) >= 11 is 0. The van der Waals surface area contributed by atoms with Gasteiger partial charge in [0, 0.05) is 31.0 Å². The van der Waals surface area contributed by atoms with Gasteiger partial charge in [-0.1, -0.05) is 19.1 Å². The number of anilines is 1. The van der Waals surface area contributed by atoms with Crippen molar-refractivity contribution in [2.45, 2.75) is 26.8 Å². The van der Waals surface area contributed by atoms with Crippen molar-refractivity contribution in [1.82, 2.24) is 5.32 Å². The van der Waals surface area contributed by atoms with Gasteiger partial charge in [-0.05, 0) is 24.6 Å². The van der Waals surface area contributed by atoms with E-state index in [9.17, 15) is 13.2 Å². The van der Waals surface area contributed by atoms with Crippen molar-refractivity contribution in [1.29, 1.82) is 0 Å². The molecule has 0 spiro atoms. The van der Waals surface area contributed by atoms with Crippen LogP contribution >= 0.6 is 0 Å². The predicted octanol–water partition coefficient (Wildman–Crippen LogP) is 1.73. The molecular weight excluding hydrogens is 276 g/mol. The maximum atomic E-state index is 11.4. The van der Waals surface area contributed by atoms with Gasteiger partial charge in [-0.25, -0.2) is 8.42 Å². The fourth-order valence-electron chi connectivity index (χ4n) is 1.78. The summed E-state index contributed by atoms with van der Waals surface area (Å²) in [5.41, 5.74) is 1.75. The lowest BCUT2D eigenvalue weighted by molar-refractivity contribution is -0.114. The van der Waals surface area contributed by atoms with Gasteiger partial charge in [0.25, 0.3) is 0 Å². The molecule has 0 heterocycles. The summed E-state index contributed by atoms with van der Waals surface area (Å²) in [6.07, 6.45) is 0. The Morgan fingerprint density at radius 2 is 2.05 bits per heavy atom. The van der Waals surface area contributed by atoms with Crippen LogP contribution in [0.1, 0.15) is 32.4 Å². The Balaban J connectivity index is 2.59. The maximum Gasteiger partial charge on any atom is 0.221 e. The van der Waals surface area contributed by atoms with Crippen molar-refractivity contribution in [2.75, 3.05) is 23.4 Å². The number of hydrogen-bond acceptors (Lipinski definition) is 4. The topological polar surface area (TPSA) is 75.3 Å². The molecule has 5 nitrogen and oxygen atoms in total. The van der Waals surface area contributed by atoms with Crippen molar-refractivity contribution in [2.24, 2.45) is 0 Å². The SMILES string of the molecule is CCS(=O)(=O)CCNC(C)c1cccc(NC(C)=O)c1. The average molecular weight is 298 g/mol. The van der Waals surface area contributed by atoms with E-state index < -0.39 is 9.84 Å². The summed E-state index contributed by atoms with van der Waals surface area (Å²) in [5, 5.41) is 5.90. The number of hydrogen-bond donors (Lipinski definition) is 2. The molecule has 20 heavy (non-hydrogen) atoms. The second kappa shape index (κ2) is 7.40. The molecule has 0 saturated heterocycles. The first-order valence-corrected chi connectivity index (χ1v) is 8.47. The summed E-state index contributed by atoms with van der Waals surface area (Å²) < 4.78 is 22.8. The Bertz CT molecular complexity index is 555. The number of amides is 1. The van der Waals surface area contributed by atoms with Gasteiger partial charge in [0.05, 0.1) is 5.75 Å². The molecule has 2 N–H and O–H groups in total. The normalized spacial score (nSPS) is 12.9. The third-order valence-electron chi connectivity index (χ3n) is 3.01. The van der Waals surface area contributed by atoms with Crippen LogP contribution in [0.5, 0.6) is 0 Å². The second-order valence-electron chi connectivity index (χ2n) is 4.72. The molecule has 0 radical (unpaired) electrons. The summed E-state index contributed by atoms with van der Waals surface area (Å²) in [5.74, 6) is 0.192. The van der Waals surface area contributed by atoms with Crippen LogP contribution in [0.4, 0.5) is 5.69 Å². The van der Waals surface area contributed by atoms with Crippen LogP contribution in [0.2, 0.25) is 0 Å². The van der Waals surface area contributed by atoms with E-state index in [1.165, 1.54) is 6.92 Å². The van der Waals surface area contributed by atoms with E-state index >= 15 is 0 Å². The number of carbonyl (C=O) groups is 1. The molecule has 0 aliphatic heterocycles. The third-order valence-corrected chi connectivity index (χ3v) is 4.72. The zero-order chi connectivity index (χ0) is 15.2. The lowest BCUT2D eigenvalue weighted by atomic mass is 10.1. The Kier molecular flexibility index (Phi) is 6.16. The first kappa shape index (κ1) is 16.7. The lowest BCUT2D eigenvalue weighted by Crippen LogP contribution is -2.26. The van der Waals surface area contributed by atoms with Crippen molar-refractivity contribution >= 4 is 21.4 Å². The molecule has 0 fully saturated rings. The third kappa shape index (κ3) is 5.71. The summed E-state index contributed by atoms with van der Waals surface area (Å²) in [6.45, 7) is 5.49. The van der Waals surface area contributed by atoms with Crippen molar-refractivity contribution in [3.8, 4) is 0 Å². The van der Waals surface area contributed by atoms with E-state index in [0.717, 1.165) is 11.3 Å². The van der Waals surface area contributed by atoms with Crippen LogP contribution in [0.25, 0.3) is 0 Å². The van der Waals surface area contributed by atoms with Gasteiger partial charge < -0.3 is 10.6 Å². The molecule has 6 heteroatoms. The van der Waals surface area contributed by atoms with Crippen LogP contribution in [0.3, 0.4) is 0 Å². The molecular formula is C14H22N2O3S. The Morgan fingerprint density at radius 1 is 1.35 bits per heavy atom. The summed E-state index contributed by atoms with van der Waals surface area (Å²) in [4.78, 5) is 11.0. The van der Waals surface area contributed by atoms with Gasteiger partial charge in [-0.15, -0.1) is 0 Å². The molecule has 1 unspecified atom stereocenters. The zero-order valence-corrected chi connectivity index (χ0v) is 13.0. The number of sulfone groups is 1. The molecule has 1 amide bonds. The molecule has 1 aromatic rings. The van der Waals surface area contributed by atoms with E-state index in [4.69, 9.17) is 0 Å². The first-order chi connectivity index (χ1) is 9.34. The molecule has 0 aromatic heterocycles. The molecule has 1 atom stereocenters. The fraction of sp³-hybridized carbons (Fsp3) is 0.500. The highest BCUT2D eigenvalue weighted by Crippen LogP contribution is 2.17. The van der Waals surface area contributed by atoms with Crippen molar-refractivity contribution in [3.05, 3.63) is 29.8 Å². The van der Waals surface area contributed by atoms with Crippen LogP contribution in [0, 0.1) is 0 Å². The highest BCUT2D eigenvalue weighted by molar-refractivity contribution is 7.91. The van der Waals surface area contributed by atoms with Gasteiger partial charge in [0.2, 0.25) is 5.91 Å². The minimum Gasteiger partial charge on any atom is -0.326 e. The molecule has 0 saturated carbocycles. The standard InChI is InChI=1S/C14H22N2O3S/c1-4-20(18,19)9-8-15-11(2)13-6-5-7-14(10-13)16-12(3)17/h5-7,10-11,15H,4,8-9H2,1-3H3,(H,16,17). The molecule has 112 valence electrons. The van der Waals surface area contributed by atoms with Crippen LogP contribution in [-0.2, 0) is 14.6 Å². The summed E-state index contributed by atoms with van der Waals surface area (Å²) in [6, 6.07) is 7.53. The first-order valence-electron chi connectivity index (χ1n) is 6.65. The van der Waals surface area contributed by atoms with Crippen LogP contribution in [0.15, 0.2) is 24.3 Å². The van der Waals surface area contributed by atoms with Crippen LogP contribution in [-0.4, -0.2) is 32.4 Å². The average Bonchev–Trinajstić information content (AvgIpc) is 2.38. The van der Waals surface area contributed by atoms with Crippen molar-refractivity contribution in [3.63, 3.8) is 0 Å². The Labute approximate surface area is 120 Å². The van der Waals surface area contributed by atoms with Gasteiger partial charge in [0.1, 0.15) is 0 Å². The zero-order valence-electron chi connectivity index (χ0n) is 12.1. The molecule has 0 aliphatic carbocycles. The smallest absolute Gasteiger partial charge is 0.221 e. The Morgan fingerprint density at radius 3 is 2.65 bits per heavy atom. The van der Waals surface area contributed by atoms with Gasteiger partial charge in [0.15, 0.2) is 9.84 Å². The summed E-state index contributed by atoms with van der Waals surface area (Å²) in [7, 11) is -2.94. The largest absolute Gasteiger partial charge is 0.326 e. The maximum absolute atomic E-state index is 11.4. The van der Waals surface area contributed by atoms with Gasteiger partial charge in [-0.3, -0.25) is 4.79 Å². The molecule has 1 aromatic carbocycles. The molecule has 1 rings (SSSR count). The second-order valence-corrected chi connectivity index (χ2v) is 7.19. The van der Waals surface area contributed by atoms with Crippen LogP contribution < -0.4 is 10.6 Å². The van der Waals surface area contributed by atoms with Crippen molar-refractivity contribution < 1.29 is 13.2 Å². The van der Waals surface area contributed by atoms with Gasteiger partial charge >= 0.3 is 0 Å². The van der Waals surface area contributed by atoms with E-state index in [-0.39, 0.29) is 23.5 Å². The minimum atomic E-state index is -2.94. The van der Waals surface area contributed by atoms with Gasteiger partial charge in [-0.2, -0.15) is 0 Å². The van der Waals surface area contributed by atoms with E-state index in [0.29, 0.717) is 6.54 Å². The number of nitrogens with one attached hydrogen (secondary N) is 2. The monoisotopic (exact) mass is 298 g/mol. The highest BCUT2D eigenvalue weighted by atomic mass is 32.2. The quantitative estimate of drug-likeness (QED) is 0.804. The fourth-order valence-corrected chi connectivity index (χ4v) is 2.50.